The van der Waals surface area contributed by atoms with Gasteiger partial charge in [0.05, 0.1) is 31.9 Å². The van der Waals surface area contributed by atoms with Gasteiger partial charge in [-0.15, -0.1) is 0 Å². The van der Waals surface area contributed by atoms with Gasteiger partial charge >= 0.3 is 0 Å². The number of carbonyl (C=O) groups excluding carboxylic acids is 1. The Labute approximate surface area is 158 Å². The third-order valence-corrected chi connectivity index (χ3v) is 4.79. The number of aliphatic hydroxyl groups is 1. The minimum Gasteiger partial charge on any atom is -0.497 e. The molecule has 0 radical (unpaired) electrons. The maximum absolute atomic E-state index is 12.3. The number of methoxy groups -OCH3 is 2. The Hall–Kier alpha value is -2.64. The molecule has 3 rings (SSSR count). The van der Waals surface area contributed by atoms with E-state index < -0.39 is 6.10 Å². The molecule has 7 heteroatoms. The first-order valence-corrected chi connectivity index (χ1v) is 8.93. The summed E-state index contributed by atoms with van der Waals surface area (Å²) in [5.74, 6) is 1.29. The molecule has 0 unspecified atom stereocenters. The van der Waals surface area contributed by atoms with Gasteiger partial charge in [0.1, 0.15) is 11.5 Å². The number of pyridine rings is 1. The van der Waals surface area contributed by atoms with Crippen LogP contribution in [0, 0.1) is 0 Å². The molecule has 27 heavy (non-hydrogen) atoms. The van der Waals surface area contributed by atoms with Gasteiger partial charge in [-0.25, -0.2) is 0 Å². The monoisotopic (exact) mass is 371 g/mol. The topological polar surface area (TPSA) is 83.9 Å². The SMILES string of the molecule is COc1ccc(CN2CC[C@@H](NC(=O)c3cccnc3)[C@H](O)C2)c(OC)c1. The molecule has 2 atom stereocenters. The molecular formula is C20H25N3O4. The van der Waals surface area contributed by atoms with Crippen molar-refractivity contribution in [3.05, 3.63) is 53.9 Å². The first kappa shape index (κ1) is 19.1. The highest BCUT2D eigenvalue weighted by atomic mass is 16.5. The molecule has 1 amide bonds. The van der Waals surface area contributed by atoms with Crippen LogP contribution in [0.15, 0.2) is 42.7 Å². The van der Waals surface area contributed by atoms with E-state index in [0.717, 1.165) is 23.6 Å². The number of nitrogens with one attached hydrogen (secondary N) is 1. The molecule has 2 N–H and O–H groups in total. The molecule has 0 bridgehead atoms. The summed E-state index contributed by atoms with van der Waals surface area (Å²) in [4.78, 5) is 18.4. The summed E-state index contributed by atoms with van der Waals surface area (Å²) in [6, 6.07) is 8.88. The van der Waals surface area contributed by atoms with Crippen LogP contribution in [0.4, 0.5) is 0 Å². The van der Waals surface area contributed by atoms with Gasteiger partial charge in [0.25, 0.3) is 5.91 Å². The molecule has 1 aromatic heterocycles. The summed E-state index contributed by atoms with van der Waals surface area (Å²) < 4.78 is 10.7. The zero-order chi connectivity index (χ0) is 19.2. The Bertz CT molecular complexity index is 769. The van der Waals surface area contributed by atoms with Crippen molar-refractivity contribution in [3.63, 3.8) is 0 Å². The van der Waals surface area contributed by atoms with Gasteiger partial charge < -0.3 is 19.9 Å². The number of likely N-dealkylation sites (tertiary alicyclic amines) is 1. The van der Waals surface area contributed by atoms with E-state index in [0.29, 0.717) is 25.1 Å². The van der Waals surface area contributed by atoms with E-state index >= 15 is 0 Å². The Morgan fingerprint density at radius 1 is 1.33 bits per heavy atom. The van der Waals surface area contributed by atoms with Gasteiger partial charge in [-0.3, -0.25) is 14.7 Å². The van der Waals surface area contributed by atoms with E-state index in [1.54, 1.807) is 32.5 Å². The second kappa shape index (κ2) is 8.83. The molecule has 0 spiro atoms. The van der Waals surface area contributed by atoms with E-state index in [4.69, 9.17) is 9.47 Å². The van der Waals surface area contributed by atoms with Crippen LogP contribution in [-0.4, -0.2) is 60.4 Å². The number of hydrogen-bond acceptors (Lipinski definition) is 6. The average molecular weight is 371 g/mol. The fraction of sp³-hybridized carbons (Fsp3) is 0.400. The normalized spacial score (nSPS) is 20.1. The number of β-amino-alcohol motifs (C(OH)–C–C–N with tert-alkyl or cyclic N) is 1. The first-order chi connectivity index (χ1) is 13.1. The summed E-state index contributed by atoms with van der Waals surface area (Å²) in [5.41, 5.74) is 1.53. The van der Waals surface area contributed by atoms with Crippen molar-refractivity contribution in [1.82, 2.24) is 15.2 Å². The Morgan fingerprint density at radius 2 is 2.19 bits per heavy atom. The number of benzene rings is 1. The van der Waals surface area contributed by atoms with Crippen molar-refractivity contribution in [2.24, 2.45) is 0 Å². The fourth-order valence-corrected chi connectivity index (χ4v) is 3.28. The maximum Gasteiger partial charge on any atom is 0.253 e. The lowest BCUT2D eigenvalue weighted by Crippen LogP contribution is -2.53. The molecule has 1 aliphatic heterocycles. The van der Waals surface area contributed by atoms with Crippen molar-refractivity contribution in [2.45, 2.75) is 25.1 Å². The minimum atomic E-state index is -0.636. The van der Waals surface area contributed by atoms with Gasteiger partial charge in [0.15, 0.2) is 0 Å². The lowest BCUT2D eigenvalue weighted by molar-refractivity contribution is 0.0347. The van der Waals surface area contributed by atoms with Gasteiger partial charge in [-0.05, 0) is 24.6 Å². The lowest BCUT2D eigenvalue weighted by atomic mass is 10.0. The lowest BCUT2D eigenvalue weighted by Gasteiger charge is -2.36. The number of aromatic nitrogens is 1. The van der Waals surface area contributed by atoms with Crippen molar-refractivity contribution < 1.29 is 19.4 Å². The Balaban J connectivity index is 1.58. The van der Waals surface area contributed by atoms with Gasteiger partial charge in [0.2, 0.25) is 0 Å². The van der Waals surface area contributed by atoms with Gasteiger partial charge in [-0.1, -0.05) is 6.07 Å². The van der Waals surface area contributed by atoms with E-state index in [1.165, 1.54) is 6.20 Å². The predicted molar refractivity (Wildman–Crippen MR) is 101 cm³/mol. The number of aliphatic hydroxyl groups excluding tert-OH is 1. The second-order valence-corrected chi connectivity index (χ2v) is 6.59. The smallest absolute Gasteiger partial charge is 0.253 e. The number of ether oxygens (including phenoxy) is 2. The molecule has 7 nitrogen and oxygen atoms in total. The van der Waals surface area contributed by atoms with E-state index in [1.807, 2.05) is 18.2 Å². The second-order valence-electron chi connectivity index (χ2n) is 6.59. The van der Waals surface area contributed by atoms with E-state index in [9.17, 15) is 9.90 Å². The number of carbonyl (C=O) groups is 1. The molecule has 1 fully saturated rings. The van der Waals surface area contributed by atoms with Crippen LogP contribution in [0.25, 0.3) is 0 Å². The minimum absolute atomic E-state index is 0.211. The van der Waals surface area contributed by atoms with Crippen LogP contribution in [0.2, 0.25) is 0 Å². The third kappa shape index (κ3) is 4.75. The number of nitrogens with zero attached hydrogens (tertiary/aromatic N) is 2. The summed E-state index contributed by atoms with van der Waals surface area (Å²) >= 11 is 0. The highest BCUT2D eigenvalue weighted by Crippen LogP contribution is 2.26. The predicted octanol–water partition coefficient (Wildman–Crippen LogP) is 1.46. The third-order valence-electron chi connectivity index (χ3n) is 4.79. The van der Waals surface area contributed by atoms with Crippen LogP contribution < -0.4 is 14.8 Å². The zero-order valence-corrected chi connectivity index (χ0v) is 15.6. The standard InChI is InChI=1S/C20H25N3O4/c1-26-16-6-5-15(19(10-16)27-2)12-23-9-7-17(18(24)13-23)22-20(25)14-4-3-8-21-11-14/h3-6,8,10-11,17-18,24H,7,9,12-13H2,1-2H3,(H,22,25)/t17-,18-/m1/s1. The molecule has 0 aliphatic carbocycles. The summed E-state index contributed by atoms with van der Waals surface area (Å²) in [6.45, 7) is 1.91. The van der Waals surface area contributed by atoms with E-state index in [2.05, 4.69) is 15.2 Å². The largest absolute Gasteiger partial charge is 0.497 e. The molecule has 2 heterocycles. The van der Waals surface area contributed by atoms with Crippen molar-refractivity contribution in [2.75, 3.05) is 27.3 Å². The highest BCUT2D eigenvalue weighted by Gasteiger charge is 2.29. The number of hydrogen-bond donors (Lipinski definition) is 2. The molecule has 2 aromatic rings. The zero-order valence-electron chi connectivity index (χ0n) is 15.6. The maximum atomic E-state index is 12.3. The first-order valence-electron chi connectivity index (χ1n) is 8.93. The average Bonchev–Trinajstić information content (AvgIpc) is 2.71. The molecule has 1 saturated heterocycles. The molecular weight excluding hydrogens is 346 g/mol. The molecule has 0 saturated carbocycles. The van der Waals surface area contributed by atoms with Crippen molar-refractivity contribution in [3.8, 4) is 11.5 Å². The number of amides is 1. The fourth-order valence-electron chi connectivity index (χ4n) is 3.28. The number of rotatable bonds is 6. The Kier molecular flexibility index (Phi) is 6.26. The molecule has 1 aromatic carbocycles. The van der Waals surface area contributed by atoms with Crippen molar-refractivity contribution >= 4 is 5.91 Å². The number of piperidine rings is 1. The van der Waals surface area contributed by atoms with Crippen LogP contribution in [-0.2, 0) is 6.54 Å². The van der Waals surface area contributed by atoms with Gasteiger partial charge in [0, 0.05) is 43.7 Å². The summed E-state index contributed by atoms with van der Waals surface area (Å²) in [5, 5.41) is 13.4. The molecule has 1 aliphatic rings. The Morgan fingerprint density at radius 3 is 2.85 bits per heavy atom. The van der Waals surface area contributed by atoms with Crippen LogP contribution >= 0.6 is 0 Å². The van der Waals surface area contributed by atoms with Crippen molar-refractivity contribution in [1.29, 1.82) is 0 Å². The van der Waals surface area contributed by atoms with Crippen LogP contribution in [0.3, 0.4) is 0 Å². The molecule has 144 valence electrons. The summed E-state index contributed by atoms with van der Waals surface area (Å²) in [6.07, 6.45) is 3.18. The van der Waals surface area contributed by atoms with Crippen LogP contribution in [0.1, 0.15) is 22.3 Å². The van der Waals surface area contributed by atoms with Gasteiger partial charge in [-0.2, -0.15) is 0 Å². The quantitative estimate of drug-likeness (QED) is 0.800. The van der Waals surface area contributed by atoms with E-state index in [-0.39, 0.29) is 11.9 Å². The highest BCUT2D eigenvalue weighted by molar-refractivity contribution is 5.94. The van der Waals surface area contributed by atoms with Crippen LogP contribution in [0.5, 0.6) is 11.5 Å². The summed E-state index contributed by atoms with van der Waals surface area (Å²) in [7, 11) is 3.25.